The Balaban J connectivity index is 1.67. The lowest BCUT2D eigenvalue weighted by Gasteiger charge is -2.25. The van der Waals surface area contributed by atoms with Crippen molar-refractivity contribution in [3.63, 3.8) is 0 Å². The van der Waals surface area contributed by atoms with Crippen molar-refractivity contribution in [2.24, 2.45) is 17.8 Å². The van der Waals surface area contributed by atoms with Crippen molar-refractivity contribution >= 4 is 33.2 Å². The molecule has 3 rings (SSSR count). The van der Waals surface area contributed by atoms with Gasteiger partial charge in [-0.1, -0.05) is 27.7 Å². The third-order valence-electron chi connectivity index (χ3n) is 5.53. The number of nitrogens with one attached hydrogen (secondary N) is 1. The first-order valence-electron chi connectivity index (χ1n) is 11.4. The minimum absolute atomic E-state index is 0.0506. The lowest BCUT2D eigenvalue weighted by Crippen LogP contribution is -2.37. The van der Waals surface area contributed by atoms with Gasteiger partial charge < -0.3 is 10.2 Å². The van der Waals surface area contributed by atoms with Crippen molar-refractivity contribution in [1.29, 1.82) is 0 Å². The molecule has 7 nitrogen and oxygen atoms in total. The van der Waals surface area contributed by atoms with Gasteiger partial charge in [-0.15, -0.1) is 0 Å². The van der Waals surface area contributed by atoms with E-state index in [4.69, 9.17) is 0 Å². The number of amides is 2. The third-order valence-corrected chi connectivity index (χ3v) is 7.38. The van der Waals surface area contributed by atoms with Crippen LogP contribution in [0.1, 0.15) is 34.1 Å². The molecule has 1 atom stereocenters. The van der Waals surface area contributed by atoms with E-state index in [1.165, 1.54) is 45.6 Å². The minimum atomic E-state index is -3.66. The second kappa shape index (κ2) is 10.7. The van der Waals surface area contributed by atoms with E-state index in [-0.39, 0.29) is 41.5 Å². The van der Waals surface area contributed by atoms with Gasteiger partial charge in [0.1, 0.15) is 5.82 Å². The molecule has 9 heteroatoms. The van der Waals surface area contributed by atoms with Crippen LogP contribution >= 0.6 is 0 Å². The van der Waals surface area contributed by atoms with Crippen LogP contribution in [-0.4, -0.2) is 44.2 Å². The highest BCUT2D eigenvalue weighted by molar-refractivity contribution is 7.89. The van der Waals surface area contributed by atoms with Crippen molar-refractivity contribution in [1.82, 2.24) is 4.31 Å². The smallest absolute Gasteiger partial charge is 0.243 e. The van der Waals surface area contributed by atoms with Gasteiger partial charge in [-0.05, 0) is 60.4 Å². The van der Waals surface area contributed by atoms with Gasteiger partial charge in [-0.3, -0.25) is 9.59 Å². The van der Waals surface area contributed by atoms with Gasteiger partial charge in [0, 0.05) is 37.4 Å². The number of benzene rings is 2. The monoisotopic (exact) mass is 489 g/mol. The highest BCUT2D eigenvalue weighted by atomic mass is 32.2. The molecule has 1 heterocycles. The van der Waals surface area contributed by atoms with Crippen LogP contribution in [0.5, 0.6) is 0 Å². The lowest BCUT2D eigenvalue weighted by molar-refractivity contribution is -0.122. The van der Waals surface area contributed by atoms with Crippen molar-refractivity contribution in [3.8, 4) is 0 Å². The summed E-state index contributed by atoms with van der Waals surface area (Å²) in [6.07, 6.45) is 0.0506. The summed E-state index contributed by atoms with van der Waals surface area (Å²) in [4.78, 5) is 26.8. The van der Waals surface area contributed by atoms with Gasteiger partial charge in [-0.25, -0.2) is 12.8 Å². The van der Waals surface area contributed by atoms with Crippen LogP contribution in [0.15, 0.2) is 53.4 Å². The maximum Gasteiger partial charge on any atom is 0.243 e. The molecule has 1 aliphatic rings. The summed E-state index contributed by atoms with van der Waals surface area (Å²) in [5, 5.41) is 2.77. The SMILES string of the molecule is CC(C)CN(CC(C)C)S(=O)(=O)c1ccc(NC(=O)C2CC(=O)N(c3ccc(F)cc3)C2)cc1. The summed E-state index contributed by atoms with van der Waals surface area (Å²) in [7, 11) is -3.66. The summed E-state index contributed by atoms with van der Waals surface area (Å²) in [5.74, 6) is -1.11. The van der Waals surface area contributed by atoms with E-state index in [9.17, 15) is 22.4 Å². The Hall–Kier alpha value is -2.78. The molecule has 184 valence electrons. The molecule has 0 bridgehead atoms. The molecule has 2 aromatic carbocycles. The zero-order valence-electron chi connectivity index (χ0n) is 20.0. The lowest BCUT2D eigenvalue weighted by atomic mass is 10.1. The molecule has 0 radical (unpaired) electrons. The molecule has 1 unspecified atom stereocenters. The highest BCUT2D eigenvalue weighted by Gasteiger charge is 2.35. The molecule has 34 heavy (non-hydrogen) atoms. The zero-order chi connectivity index (χ0) is 25.0. The normalized spacial score (nSPS) is 16.6. The highest BCUT2D eigenvalue weighted by Crippen LogP contribution is 2.27. The Morgan fingerprint density at radius 1 is 1.03 bits per heavy atom. The Labute approximate surface area is 201 Å². The molecule has 1 N–H and O–H groups in total. The predicted molar refractivity (Wildman–Crippen MR) is 130 cm³/mol. The average Bonchev–Trinajstić information content (AvgIpc) is 3.15. The Bertz CT molecular complexity index is 1110. The van der Waals surface area contributed by atoms with Gasteiger partial charge in [0.25, 0.3) is 0 Å². The fourth-order valence-electron chi connectivity index (χ4n) is 3.94. The van der Waals surface area contributed by atoms with E-state index in [0.717, 1.165) is 0 Å². The van der Waals surface area contributed by atoms with E-state index in [0.29, 0.717) is 24.5 Å². The van der Waals surface area contributed by atoms with Gasteiger partial charge >= 0.3 is 0 Å². The van der Waals surface area contributed by atoms with Crippen molar-refractivity contribution in [3.05, 3.63) is 54.3 Å². The predicted octanol–water partition coefficient (Wildman–Crippen LogP) is 4.12. The van der Waals surface area contributed by atoms with Crippen LogP contribution < -0.4 is 10.2 Å². The van der Waals surface area contributed by atoms with Crippen molar-refractivity contribution in [2.45, 2.75) is 39.0 Å². The fourth-order valence-corrected chi connectivity index (χ4v) is 5.71. The van der Waals surface area contributed by atoms with Crippen LogP contribution in [0.25, 0.3) is 0 Å². The first-order valence-corrected chi connectivity index (χ1v) is 12.9. The van der Waals surface area contributed by atoms with E-state index in [1.807, 2.05) is 27.7 Å². The maximum atomic E-state index is 13.2. The maximum absolute atomic E-state index is 13.2. The number of carbonyl (C=O) groups is 2. The molecular formula is C25H32FN3O4S. The largest absolute Gasteiger partial charge is 0.326 e. The van der Waals surface area contributed by atoms with Crippen LogP contribution in [0.4, 0.5) is 15.8 Å². The second-order valence-electron chi connectivity index (χ2n) is 9.51. The molecule has 0 spiro atoms. The molecule has 1 saturated heterocycles. The molecular weight excluding hydrogens is 457 g/mol. The Kier molecular flexibility index (Phi) is 8.09. The summed E-state index contributed by atoms with van der Waals surface area (Å²) in [5.41, 5.74) is 1.000. The number of sulfonamides is 1. The first-order chi connectivity index (χ1) is 16.0. The van der Waals surface area contributed by atoms with Crippen molar-refractivity contribution in [2.75, 3.05) is 29.9 Å². The molecule has 0 saturated carbocycles. The van der Waals surface area contributed by atoms with Crippen LogP contribution in [0.3, 0.4) is 0 Å². The van der Waals surface area contributed by atoms with Crippen LogP contribution in [-0.2, 0) is 19.6 Å². The number of hydrogen-bond donors (Lipinski definition) is 1. The molecule has 2 aromatic rings. The quantitative estimate of drug-likeness (QED) is 0.574. The van der Waals surface area contributed by atoms with Crippen LogP contribution in [0, 0.1) is 23.6 Å². The Morgan fingerprint density at radius 3 is 2.12 bits per heavy atom. The Morgan fingerprint density at radius 2 is 1.59 bits per heavy atom. The minimum Gasteiger partial charge on any atom is -0.326 e. The molecule has 1 fully saturated rings. The fraction of sp³-hybridized carbons (Fsp3) is 0.440. The van der Waals surface area contributed by atoms with Crippen molar-refractivity contribution < 1.29 is 22.4 Å². The summed E-state index contributed by atoms with van der Waals surface area (Å²) < 4.78 is 41.0. The topological polar surface area (TPSA) is 86.8 Å². The van der Waals surface area contributed by atoms with Gasteiger partial charge in [0.05, 0.1) is 10.8 Å². The van der Waals surface area contributed by atoms with Gasteiger partial charge in [-0.2, -0.15) is 4.31 Å². The molecule has 2 amide bonds. The van der Waals surface area contributed by atoms with E-state index < -0.39 is 21.8 Å². The number of rotatable bonds is 9. The van der Waals surface area contributed by atoms with Gasteiger partial charge in [0.15, 0.2) is 0 Å². The molecule has 0 aliphatic carbocycles. The summed E-state index contributed by atoms with van der Waals surface area (Å²) >= 11 is 0. The number of nitrogens with zero attached hydrogens (tertiary/aromatic N) is 2. The average molecular weight is 490 g/mol. The molecule has 1 aliphatic heterocycles. The number of hydrogen-bond acceptors (Lipinski definition) is 4. The van der Waals surface area contributed by atoms with Gasteiger partial charge in [0.2, 0.25) is 21.8 Å². The standard InChI is InChI=1S/C25H32FN3O4S/c1-17(2)14-28(15-18(3)4)34(32,33)23-11-7-21(8-12-23)27-25(31)19-13-24(30)29(16-19)22-9-5-20(26)6-10-22/h5-12,17-19H,13-16H2,1-4H3,(H,27,31). The first kappa shape index (κ1) is 25.8. The number of carbonyl (C=O) groups excluding carboxylic acids is 2. The van der Waals surface area contributed by atoms with E-state index >= 15 is 0 Å². The third kappa shape index (κ3) is 6.21. The van der Waals surface area contributed by atoms with Crippen LogP contribution in [0.2, 0.25) is 0 Å². The number of anilines is 2. The zero-order valence-corrected chi connectivity index (χ0v) is 20.8. The van der Waals surface area contributed by atoms with E-state index in [1.54, 1.807) is 12.1 Å². The second-order valence-corrected chi connectivity index (χ2v) is 11.4. The summed E-state index contributed by atoms with van der Waals surface area (Å²) in [6.45, 7) is 8.97. The summed E-state index contributed by atoms with van der Waals surface area (Å²) in [6, 6.07) is 11.7. The van der Waals surface area contributed by atoms with E-state index in [2.05, 4.69) is 5.32 Å². The number of halogens is 1. The molecule has 0 aromatic heterocycles.